The number of piperidine rings is 1. The molecule has 2 rings (SSSR count). The fraction of sp³-hybridized carbons (Fsp3) is 0.625. The van der Waals surface area contributed by atoms with Crippen LogP contribution in [0.3, 0.4) is 0 Å². The van der Waals surface area contributed by atoms with Crippen molar-refractivity contribution in [2.24, 2.45) is 0 Å². The molecule has 0 amide bonds. The van der Waals surface area contributed by atoms with Gasteiger partial charge < -0.3 is 5.32 Å². The van der Waals surface area contributed by atoms with Crippen LogP contribution >= 0.6 is 0 Å². The minimum absolute atomic E-state index is 0.158. The van der Waals surface area contributed by atoms with Crippen LogP contribution < -0.4 is 5.32 Å². The molecule has 106 valence electrons. The highest BCUT2D eigenvalue weighted by molar-refractivity contribution is 5.19. The van der Waals surface area contributed by atoms with Crippen molar-refractivity contribution in [2.75, 3.05) is 13.1 Å². The van der Waals surface area contributed by atoms with Crippen molar-refractivity contribution in [3.63, 3.8) is 0 Å². The van der Waals surface area contributed by atoms with Gasteiger partial charge in [-0.05, 0) is 50.9 Å². The van der Waals surface area contributed by atoms with Crippen LogP contribution in [0.1, 0.15) is 45.2 Å². The van der Waals surface area contributed by atoms with E-state index in [2.05, 4.69) is 31.0 Å². The summed E-state index contributed by atoms with van der Waals surface area (Å²) in [6.07, 6.45) is 2.39. The van der Waals surface area contributed by atoms with Gasteiger partial charge in [0.2, 0.25) is 0 Å². The lowest BCUT2D eigenvalue weighted by Crippen LogP contribution is -2.48. The Bertz CT molecular complexity index is 390. The number of nitrogens with zero attached hydrogens (tertiary/aromatic N) is 1. The summed E-state index contributed by atoms with van der Waals surface area (Å²) < 4.78 is 13.0. The lowest BCUT2D eigenvalue weighted by atomic mass is 9.94. The molecule has 1 fully saturated rings. The Hall–Kier alpha value is -0.930. The molecule has 3 heteroatoms. The summed E-state index contributed by atoms with van der Waals surface area (Å²) in [5.41, 5.74) is 1.20. The maximum Gasteiger partial charge on any atom is 0.123 e. The second-order valence-electron chi connectivity index (χ2n) is 5.59. The Morgan fingerprint density at radius 1 is 1.37 bits per heavy atom. The van der Waals surface area contributed by atoms with Crippen LogP contribution in [-0.4, -0.2) is 30.1 Å². The molecule has 1 saturated heterocycles. The van der Waals surface area contributed by atoms with Crippen molar-refractivity contribution in [1.82, 2.24) is 10.2 Å². The van der Waals surface area contributed by atoms with Crippen molar-refractivity contribution in [3.8, 4) is 0 Å². The molecule has 1 aliphatic heterocycles. The van der Waals surface area contributed by atoms with Crippen LogP contribution in [0.4, 0.5) is 4.39 Å². The van der Waals surface area contributed by atoms with Crippen LogP contribution in [0, 0.1) is 5.82 Å². The van der Waals surface area contributed by atoms with Crippen LogP contribution in [0.15, 0.2) is 24.3 Å². The van der Waals surface area contributed by atoms with E-state index >= 15 is 0 Å². The number of rotatable bonds is 4. The minimum atomic E-state index is -0.158. The maximum absolute atomic E-state index is 13.0. The normalized spacial score (nSPS) is 26.3. The zero-order valence-electron chi connectivity index (χ0n) is 12.2. The summed E-state index contributed by atoms with van der Waals surface area (Å²) >= 11 is 0. The SMILES string of the molecule is CCNC1CCN(C(C)c2ccc(F)cc2)C(C)C1. The molecular formula is C16H25FN2. The Balaban J connectivity index is 2.00. The zero-order valence-corrected chi connectivity index (χ0v) is 12.2. The molecule has 1 aromatic rings. The van der Waals surface area contributed by atoms with Gasteiger partial charge in [-0.15, -0.1) is 0 Å². The standard InChI is InChI=1S/C16H25FN2/c1-4-18-16-9-10-19(12(2)11-16)13(3)14-5-7-15(17)8-6-14/h5-8,12-13,16,18H,4,9-11H2,1-3H3. The van der Waals surface area contributed by atoms with Crippen molar-refractivity contribution in [2.45, 2.75) is 51.7 Å². The highest BCUT2D eigenvalue weighted by atomic mass is 19.1. The Morgan fingerprint density at radius 2 is 2.05 bits per heavy atom. The third kappa shape index (κ3) is 3.54. The van der Waals surface area contributed by atoms with Gasteiger partial charge in [0.1, 0.15) is 5.82 Å². The first-order valence-electron chi connectivity index (χ1n) is 7.36. The van der Waals surface area contributed by atoms with Gasteiger partial charge in [0, 0.05) is 24.7 Å². The van der Waals surface area contributed by atoms with Gasteiger partial charge >= 0.3 is 0 Å². The monoisotopic (exact) mass is 264 g/mol. The first kappa shape index (κ1) is 14.5. The predicted octanol–water partition coefficient (Wildman–Crippen LogP) is 3.35. The highest BCUT2D eigenvalue weighted by Crippen LogP contribution is 2.28. The summed E-state index contributed by atoms with van der Waals surface area (Å²) in [6.45, 7) is 8.83. The fourth-order valence-electron chi connectivity index (χ4n) is 3.17. The first-order valence-corrected chi connectivity index (χ1v) is 7.36. The smallest absolute Gasteiger partial charge is 0.123 e. The highest BCUT2D eigenvalue weighted by Gasteiger charge is 2.28. The van der Waals surface area contributed by atoms with Gasteiger partial charge in [0.05, 0.1) is 0 Å². The number of halogens is 1. The van der Waals surface area contributed by atoms with E-state index in [0.717, 1.165) is 13.1 Å². The number of likely N-dealkylation sites (tertiary alicyclic amines) is 1. The minimum Gasteiger partial charge on any atom is -0.314 e. The van der Waals surface area contributed by atoms with E-state index in [1.165, 1.54) is 18.4 Å². The van der Waals surface area contributed by atoms with Crippen molar-refractivity contribution < 1.29 is 4.39 Å². The van der Waals surface area contributed by atoms with E-state index in [-0.39, 0.29) is 5.82 Å². The molecule has 3 unspecified atom stereocenters. The molecule has 1 aliphatic rings. The molecule has 0 aromatic heterocycles. The number of benzene rings is 1. The van der Waals surface area contributed by atoms with Gasteiger partial charge in [-0.3, -0.25) is 4.90 Å². The van der Waals surface area contributed by atoms with E-state index in [1.54, 1.807) is 12.1 Å². The second kappa shape index (κ2) is 6.49. The Kier molecular flexibility index (Phi) is 4.94. The number of nitrogens with one attached hydrogen (secondary N) is 1. The molecule has 0 bridgehead atoms. The van der Waals surface area contributed by atoms with Crippen molar-refractivity contribution in [3.05, 3.63) is 35.6 Å². The van der Waals surface area contributed by atoms with Gasteiger partial charge in [-0.1, -0.05) is 19.1 Å². The Morgan fingerprint density at radius 3 is 2.63 bits per heavy atom. The molecule has 0 saturated carbocycles. The average Bonchev–Trinajstić information content (AvgIpc) is 2.39. The molecule has 1 aromatic carbocycles. The topological polar surface area (TPSA) is 15.3 Å². The summed E-state index contributed by atoms with van der Waals surface area (Å²) in [5, 5.41) is 3.55. The lowest BCUT2D eigenvalue weighted by molar-refractivity contribution is 0.0960. The number of hydrogen-bond donors (Lipinski definition) is 1. The van der Waals surface area contributed by atoms with Gasteiger partial charge in [0.25, 0.3) is 0 Å². The quantitative estimate of drug-likeness (QED) is 0.897. The van der Waals surface area contributed by atoms with Crippen LogP contribution in [0.5, 0.6) is 0 Å². The van der Waals surface area contributed by atoms with Crippen molar-refractivity contribution in [1.29, 1.82) is 0 Å². The van der Waals surface area contributed by atoms with Gasteiger partial charge in [-0.2, -0.15) is 0 Å². The van der Waals surface area contributed by atoms with E-state index in [9.17, 15) is 4.39 Å². The molecule has 3 atom stereocenters. The Labute approximate surface area is 116 Å². The predicted molar refractivity (Wildman–Crippen MR) is 77.7 cm³/mol. The van der Waals surface area contributed by atoms with Crippen molar-refractivity contribution >= 4 is 0 Å². The average molecular weight is 264 g/mol. The van der Waals surface area contributed by atoms with Gasteiger partial charge in [0.15, 0.2) is 0 Å². The van der Waals surface area contributed by atoms with Crippen LogP contribution in [0.25, 0.3) is 0 Å². The molecule has 0 spiro atoms. The molecule has 1 N–H and O–H groups in total. The molecule has 19 heavy (non-hydrogen) atoms. The van der Waals surface area contributed by atoms with Crippen LogP contribution in [-0.2, 0) is 0 Å². The molecule has 2 nitrogen and oxygen atoms in total. The zero-order chi connectivity index (χ0) is 13.8. The van der Waals surface area contributed by atoms with Gasteiger partial charge in [-0.25, -0.2) is 4.39 Å². The van der Waals surface area contributed by atoms with E-state index in [1.807, 2.05) is 12.1 Å². The first-order chi connectivity index (χ1) is 9.11. The number of hydrogen-bond acceptors (Lipinski definition) is 2. The van der Waals surface area contributed by atoms with E-state index < -0.39 is 0 Å². The van der Waals surface area contributed by atoms with Crippen LogP contribution in [0.2, 0.25) is 0 Å². The third-order valence-corrected chi connectivity index (χ3v) is 4.27. The summed E-state index contributed by atoms with van der Waals surface area (Å²) in [4.78, 5) is 2.53. The summed E-state index contributed by atoms with van der Waals surface area (Å²) in [5.74, 6) is -0.158. The molecule has 0 aliphatic carbocycles. The summed E-state index contributed by atoms with van der Waals surface area (Å²) in [6, 6.07) is 8.50. The fourth-order valence-corrected chi connectivity index (χ4v) is 3.17. The second-order valence-corrected chi connectivity index (χ2v) is 5.59. The summed E-state index contributed by atoms with van der Waals surface area (Å²) in [7, 11) is 0. The van der Waals surface area contributed by atoms with E-state index in [0.29, 0.717) is 18.1 Å². The third-order valence-electron chi connectivity index (χ3n) is 4.27. The molecule has 0 radical (unpaired) electrons. The van der Waals surface area contributed by atoms with E-state index in [4.69, 9.17) is 0 Å². The molecular weight excluding hydrogens is 239 g/mol. The molecule has 1 heterocycles. The lowest BCUT2D eigenvalue weighted by Gasteiger charge is -2.41. The largest absolute Gasteiger partial charge is 0.314 e. The maximum atomic E-state index is 13.0.